The molecule has 2 aromatic heterocycles. The molecule has 0 aliphatic rings. The monoisotopic (exact) mass is 401 g/mol. The molecule has 0 saturated carbocycles. The Morgan fingerprint density at radius 3 is 2.36 bits per heavy atom. The van der Waals surface area contributed by atoms with Gasteiger partial charge in [-0.2, -0.15) is 0 Å². The third-order valence-corrected chi connectivity index (χ3v) is 3.79. The summed E-state index contributed by atoms with van der Waals surface area (Å²) in [7, 11) is 0. The highest BCUT2D eigenvalue weighted by atomic mass is 19.3. The molecule has 0 amide bonds. The highest BCUT2D eigenvalue weighted by Gasteiger charge is 2.29. The maximum absolute atomic E-state index is 13.5. The van der Waals surface area contributed by atoms with Crippen LogP contribution in [0.3, 0.4) is 0 Å². The first kappa shape index (κ1) is 22.0. The first-order chi connectivity index (χ1) is 12.9. The molecule has 154 valence electrons. The van der Waals surface area contributed by atoms with Crippen LogP contribution in [0.1, 0.15) is 51.4 Å². The van der Waals surface area contributed by atoms with Gasteiger partial charge in [-0.25, -0.2) is 22.5 Å². The second kappa shape index (κ2) is 8.40. The predicted octanol–water partition coefficient (Wildman–Crippen LogP) is 4.28. The van der Waals surface area contributed by atoms with Gasteiger partial charge in [0.05, 0.1) is 11.3 Å². The molecule has 28 heavy (non-hydrogen) atoms. The van der Waals surface area contributed by atoms with Crippen LogP contribution in [-0.2, 0) is 0 Å². The van der Waals surface area contributed by atoms with E-state index in [0.717, 1.165) is 6.07 Å². The highest BCUT2D eigenvalue weighted by molar-refractivity contribution is 5.60. The number of aliphatic hydroxyl groups is 1. The third-order valence-electron chi connectivity index (χ3n) is 3.79. The summed E-state index contributed by atoms with van der Waals surface area (Å²) >= 11 is 0. The Morgan fingerprint density at radius 2 is 1.79 bits per heavy atom. The molecule has 1 atom stereocenters. The fraction of sp³-hybridized carbons (Fsp3) is 0.474. The van der Waals surface area contributed by atoms with Crippen molar-refractivity contribution in [1.82, 2.24) is 9.97 Å². The number of nitrogens with zero attached hydrogens (tertiary/aromatic N) is 2. The Kier molecular flexibility index (Phi) is 6.61. The van der Waals surface area contributed by atoms with Crippen molar-refractivity contribution in [3.05, 3.63) is 41.9 Å². The van der Waals surface area contributed by atoms with Gasteiger partial charge in [0.15, 0.2) is 0 Å². The molecule has 0 bridgehead atoms. The summed E-state index contributed by atoms with van der Waals surface area (Å²) in [6.07, 6.45) is -4.37. The third kappa shape index (κ3) is 6.13. The standard InChI is InChI=1S/C19H23F4N3O2/c1-18(2,27)9-19(3,24)10-28-14-5-4-12(26-15(14)17(22)23)11-6-7-25-13(8-11)16(20)21/h4-8,16-17,27H,9-10,24H2,1-3H3/t19-/m0/s1. The number of hydrogen-bond donors (Lipinski definition) is 2. The zero-order valence-corrected chi connectivity index (χ0v) is 15.8. The van der Waals surface area contributed by atoms with Crippen LogP contribution in [0, 0.1) is 0 Å². The van der Waals surface area contributed by atoms with Crippen LogP contribution < -0.4 is 10.5 Å². The van der Waals surface area contributed by atoms with Gasteiger partial charge < -0.3 is 15.6 Å². The molecule has 0 fully saturated rings. The Bertz CT molecular complexity index is 808. The second-order valence-corrected chi connectivity index (χ2v) is 7.58. The van der Waals surface area contributed by atoms with Gasteiger partial charge in [-0.3, -0.25) is 4.98 Å². The van der Waals surface area contributed by atoms with Gasteiger partial charge in [-0.05, 0) is 51.5 Å². The highest BCUT2D eigenvalue weighted by Crippen LogP contribution is 2.32. The van der Waals surface area contributed by atoms with Gasteiger partial charge in [0.2, 0.25) is 0 Å². The predicted molar refractivity (Wildman–Crippen MR) is 96.4 cm³/mol. The first-order valence-electron chi connectivity index (χ1n) is 8.56. The van der Waals surface area contributed by atoms with Crippen LogP contribution in [0.25, 0.3) is 11.3 Å². The summed E-state index contributed by atoms with van der Waals surface area (Å²) in [5, 5.41) is 9.89. The minimum atomic E-state index is -2.94. The number of halogens is 4. The molecule has 0 radical (unpaired) electrons. The van der Waals surface area contributed by atoms with E-state index < -0.39 is 35.4 Å². The first-order valence-corrected chi connectivity index (χ1v) is 8.56. The molecule has 0 unspecified atom stereocenters. The van der Waals surface area contributed by atoms with Crippen molar-refractivity contribution in [1.29, 1.82) is 0 Å². The molecule has 9 heteroatoms. The Balaban J connectivity index is 2.27. The van der Waals surface area contributed by atoms with Gasteiger partial charge in [0, 0.05) is 17.3 Å². The van der Waals surface area contributed by atoms with E-state index in [1.165, 1.54) is 24.4 Å². The largest absolute Gasteiger partial charge is 0.490 e. The molecular formula is C19H23F4N3O2. The summed E-state index contributed by atoms with van der Waals surface area (Å²) < 4.78 is 58.0. The van der Waals surface area contributed by atoms with Crippen molar-refractivity contribution in [3.8, 4) is 17.0 Å². The lowest BCUT2D eigenvalue weighted by Crippen LogP contribution is -2.47. The molecule has 2 aromatic rings. The molecule has 0 aliphatic heterocycles. The van der Waals surface area contributed by atoms with Crippen molar-refractivity contribution in [2.75, 3.05) is 6.61 Å². The van der Waals surface area contributed by atoms with E-state index in [9.17, 15) is 22.7 Å². The van der Waals surface area contributed by atoms with E-state index in [4.69, 9.17) is 10.5 Å². The molecule has 0 aromatic carbocycles. The van der Waals surface area contributed by atoms with Gasteiger partial charge in [-0.1, -0.05) is 0 Å². The summed E-state index contributed by atoms with van der Waals surface area (Å²) in [6, 6.07) is 5.20. The van der Waals surface area contributed by atoms with Gasteiger partial charge in [0.25, 0.3) is 12.9 Å². The van der Waals surface area contributed by atoms with Crippen LogP contribution >= 0.6 is 0 Å². The van der Waals surface area contributed by atoms with E-state index in [1.54, 1.807) is 20.8 Å². The van der Waals surface area contributed by atoms with Gasteiger partial charge >= 0.3 is 0 Å². The zero-order valence-electron chi connectivity index (χ0n) is 15.8. The van der Waals surface area contributed by atoms with Crippen LogP contribution in [0.15, 0.2) is 30.5 Å². The molecule has 0 saturated heterocycles. The van der Waals surface area contributed by atoms with Crippen molar-refractivity contribution in [2.24, 2.45) is 5.73 Å². The number of alkyl halides is 4. The van der Waals surface area contributed by atoms with E-state index in [1.807, 2.05) is 0 Å². The van der Waals surface area contributed by atoms with Crippen molar-refractivity contribution < 1.29 is 27.4 Å². The number of ether oxygens (including phenoxy) is 1. The molecular weight excluding hydrogens is 378 g/mol. The van der Waals surface area contributed by atoms with Crippen molar-refractivity contribution >= 4 is 0 Å². The fourth-order valence-electron chi connectivity index (χ4n) is 2.91. The molecule has 2 heterocycles. The Morgan fingerprint density at radius 1 is 1.11 bits per heavy atom. The lowest BCUT2D eigenvalue weighted by molar-refractivity contribution is 0.0368. The van der Waals surface area contributed by atoms with Crippen LogP contribution in [0.5, 0.6) is 5.75 Å². The summed E-state index contributed by atoms with van der Waals surface area (Å²) in [4.78, 5) is 7.42. The Hall–Kier alpha value is -2.26. The molecule has 3 N–H and O–H groups in total. The summed E-state index contributed by atoms with van der Waals surface area (Å²) in [5.74, 6) is -0.158. The lowest BCUT2D eigenvalue weighted by Gasteiger charge is -2.31. The van der Waals surface area contributed by atoms with Gasteiger partial charge in [0.1, 0.15) is 23.7 Å². The van der Waals surface area contributed by atoms with Crippen LogP contribution in [0.4, 0.5) is 17.6 Å². The number of pyridine rings is 2. The normalized spacial score (nSPS) is 14.4. The topological polar surface area (TPSA) is 81.3 Å². The molecule has 2 rings (SSSR count). The zero-order chi connectivity index (χ0) is 21.1. The average molecular weight is 401 g/mol. The smallest absolute Gasteiger partial charge is 0.284 e. The number of nitrogens with two attached hydrogens (primary N) is 1. The maximum Gasteiger partial charge on any atom is 0.284 e. The second-order valence-electron chi connectivity index (χ2n) is 7.58. The summed E-state index contributed by atoms with van der Waals surface area (Å²) in [6.45, 7) is 4.68. The van der Waals surface area contributed by atoms with Crippen molar-refractivity contribution in [3.63, 3.8) is 0 Å². The average Bonchev–Trinajstić information content (AvgIpc) is 2.58. The van der Waals surface area contributed by atoms with Crippen molar-refractivity contribution in [2.45, 2.75) is 51.2 Å². The minimum Gasteiger partial charge on any atom is -0.490 e. The van der Waals surface area contributed by atoms with E-state index in [0.29, 0.717) is 0 Å². The fourth-order valence-corrected chi connectivity index (χ4v) is 2.91. The van der Waals surface area contributed by atoms with E-state index in [2.05, 4.69) is 9.97 Å². The number of hydrogen-bond acceptors (Lipinski definition) is 5. The number of aromatic nitrogens is 2. The van der Waals surface area contributed by atoms with Gasteiger partial charge in [-0.15, -0.1) is 0 Å². The van der Waals surface area contributed by atoms with Crippen LogP contribution in [0.2, 0.25) is 0 Å². The lowest BCUT2D eigenvalue weighted by atomic mass is 9.89. The molecule has 5 nitrogen and oxygen atoms in total. The molecule has 0 aliphatic carbocycles. The Labute approximate surface area is 160 Å². The van der Waals surface area contributed by atoms with Crippen LogP contribution in [-0.4, -0.2) is 32.8 Å². The molecule has 0 spiro atoms. The quantitative estimate of drug-likeness (QED) is 0.646. The maximum atomic E-state index is 13.5. The van der Waals surface area contributed by atoms with E-state index >= 15 is 0 Å². The number of rotatable bonds is 8. The van der Waals surface area contributed by atoms with E-state index in [-0.39, 0.29) is 30.0 Å². The SMILES string of the molecule is CC(C)(O)C[C@](C)(N)COc1ccc(-c2ccnc(C(F)F)c2)nc1C(F)F. The summed E-state index contributed by atoms with van der Waals surface area (Å²) in [5.41, 5.74) is 3.31. The minimum absolute atomic E-state index is 0.0963.